The quantitative estimate of drug-likeness (QED) is 0.722. The molecule has 0 unspecified atom stereocenters. The monoisotopic (exact) mass is 222 g/mol. The first-order valence-corrected chi connectivity index (χ1v) is 5.93. The molecule has 84 valence electrons. The molecule has 17 heavy (non-hydrogen) atoms. The maximum absolute atomic E-state index is 4.39. The minimum Gasteiger partial charge on any atom is -0.185 e. The molecule has 1 heterocycles. The van der Waals surface area contributed by atoms with E-state index in [9.17, 15) is 0 Å². The van der Waals surface area contributed by atoms with Gasteiger partial charge in [-0.15, -0.1) is 0 Å². The summed E-state index contributed by atoms with van der Waals surface area (Å²) in [5, 5.41) is 8.78. The van der Waals surface area contributed by atoms with Crippen LogP contribution in [-0.4, -0.2) is 0 Å². The van der Waals surface area contributed by atoms with E-state index >= 15 is 0 Å². The molecular weight excluding hydrogens is 208 g/mol. The van der Waals surface area contributed by atoms with Crippen LogP contribution in [0.4, 0.5) is 0 Å². The van der Waals surface area contributed by atoms with Crippen molar-refractivity contribution in [3.8, 4) is 0 Å². The third-order valence-electron chi connectivity index (χ3n) is 3.16. The minimum atomic E-state index is 0.224. The van der Waals surface area contributed by atoms with Crippen molar-refractivity contribution in [1.29, 1.82) is 0 Å². The molecule has 0 N–H and O–H groups in total. The van der Waals surface area contributed by atoms with Gasteiger partial charge >= 0.3 is 0 Å². The molecule has 1 aliphatic rings. The van der Waals surface area contributed by atoms with Gasteiger partial charge in [0, 0.05) is 6.42 Å². The van der Waals surface area contributed by atoms with Gasteiger partial charge in [0.1, 0.15) is 0 Å². The lowest BCUT2D eigenvalue weighted by Gasteiger charge is -2.08. The van der Waals surface area contributed by atoms with Crippen LogP contribution in [0.25, 0.3) is 0 Å². The number of azo groups is 1. The van der Waals surface area contributed by atoms with Gasteiger partial charge in [0.2, 0.25) is 0 Å². The fourth-order valence-corrected chi connectivity index (χ4v) is 2.22. The molecule has 0 radical (unpaired) electrons. The largest absolute Gasteiger partial charge is 0.185 e. The second-order valence-electron chi connectivity index (χ2n) is 4.32. The Bertz CT molecular complexity index is 457. The van der Waals surface area contributed by atoms with Crippen molar-refractivity contribution in [1.82, 2.24) is 0 Å². The van der Waals surface area contributed by atoms with E-state index in [2.05, 4.69) is 58.8 Å². The Morgan fingerprint density at radius 3 is 1.47 bits per heavy atom. The van der Waals surface area contributed by atoms with Crippen LogP contribution in [0.5, 0.6) is 0 Å². The first-order chi connectivity index (χ1) is 8.43. The average molecular weight is 222 g/mol. The zero-order valence-corrected chi connectivity index (χ0v) is 9.53. The van der Waals surface area contributed by atoms with Crippen LogP contribution in [0.3, 0.4) is 0 Å². The highest BCUT2D eigenvalue weighted by molar-refractivity contribution is 5.24. The van der Waals surface area contributed by atoms with Crippen molar-refractivity contribution in [2.45, 2.75) is 18.5 Å². The molecule has 2 aromatic rings. The highest BCUT2D eigenvalue weighted by atomic mass is 15.2. The molecule has 3 rings (SSSR count). The van der Waals surface area contributed by atoms with Crippen molar-refractivity contribution in [3.05, 3.63) is 71.8 Å². The summed E-state index contributed by atoms with van der Waals surface area (Å²) in [6, 6.07) is 21.2. The SMILES string of the molecule is c1ccc([C@@H]2C[C@@H](c3ccccc3)N=N2)cc1. The number of nitrogens with zero attached hydrogens (tertiary/aromatic N) is 2. The Labute approximate surface area is 101 Å². The first kappa shape index (κ1) is 10.2. The van der Waals surface area contributed by atoms with Gasteiger partial charge in [-0.2, -0.15) is 10.2 Å². The smallest absolute Gasteiger partial charge is 0.0982 e. The number of rotatable bonds is 2. The van der Waals surface area contributed by atoms with Crippen molar-refractivity contribution in [2.75, 3.05) is 0 Å². The predicted octanol–water partition coefficient (Wildman–Crippen LogP) is 4.32. The molecule has 0 aromatic heterocycles. The lowest BCUT2D eigenvalue weighted by Crippen LogP contribution is -1.96. The summed E-state index contributed by atoms with van der Waals surface area (Å²) in [6.45, 7) is 0. The van der Waals surface area contributed by atoms with Crippen LogP contribution < -0.4 is 0 Å². The van der Waals surface area contributed by atoms with Crippen LogP contribution in [-0.2, 0) is 0 Å². The molecule has 2 nitrogen and oxygen atoms in total. The molecule has 0 spiro atoms. The maximum atomic E-state index is 4.39. The summed E-state index contributed by atoms with van der Waals surface area (Å²) < 4.78 is 0. The van der Waals surface area contributed by atoms with E-state index in [0.717, 1.165) is 6.42 Å². The summed E-state index contributed by atoms with van der Waals surface area (Å²) in [5.74, 6) is 0. The minimum absolute atomic E-state index is 0.224. The fourth-order valence-electron chi connectivity index (χ4n) is 2.22. The first-order valence-electron chi connectivity index (χ1n) is 5.93. The van der Waals surface area contributed by atoms with Gasteiger partial charge in [0.15, 0.2) is 0 Å². The Kier molecular flexibility index (Phi) is 2.70. The van der Waals surface area contributed by atoms with Crippen LogP contribution in [0.1, 0.15) is 29.6 Å². The normalized spacial score (nSPS) is 22.8. The standard InChI is InChI=1S/C15H14N2/c1-3-7-12(8-4-1)14-11-15(17-16-14)13-9-5-2-6-10-13/h1-10,14-15H,11H2/t14-,15-/m0/s1. The van der Waals surface area contributed by atoms with Crippen LogP contribution in [0, 0.1) is 0 Å². The van der Waals surface area contributed by atoms with Gasteiger partial charge in [-0.3, -0.25) is 0 Å². The molecule has 0 bridgehead atoms. The lowest BCUT2D eigenvalue weighted by atomic mass is 9.97. The van der Waals surface area contributed by atoms with E-state index < -0.39 is 0 Å². The Morgan fingerprint density at radius 1 is 0.647 bits per heavy atom. The summed E-state index contributed by atoms with van der Waals surface area (Å²) in [4.78, 5) is 0. The van der Waals surface area contributed by atoms with E-state index in [1.54, 1.807) is 0 Å². The summed E-state index contributed by atoms with van der Waals surface area (Å²) in [6.07, 6.45) is 0.980. The van der Waals surface area contributed by atoms with E-state index in [1.807, 2.05) is 12.1 Å². The Hall–Kier alpha value is -1.96. The summed E-state index contributed by atoms with van der Waals surface area (Å²) in [5.41, 5.74) is 2.52. The van der Waals surface area contributed by atoms with Crippen LogP contribution >= 0.6 is 0 Å². The Morgan fingerprint density at radius 2 is 1.06 bits per heavy atom. The van der Waals surface area contributed by atoms with Crippen molar-refractivity contribution in [3.63, 3.8) is 0 Å². The molecule has 2 heteroatoms. The van der Waals surface area contributed by atoms with Crippen LogP contribution in [0.2, 0.25) is 0 Å². The zero-order valence-electron chi connectivity index (χ0n) is 9.53. The molecule has 0 fully saturated rings. The second-order valence-corrected chi connectivity index (χ2v) is 4.32. The van der Waals surface area contributed by atoms with E-state index in [-0.39, 0.29) is 12.1 Å². The molecule has 0 aliphatic carbocycles. The van der Waals surface area contributed by atoms with Gasteiger partial charge in [0.25, 0.3) is 0 Å². The van der Waals surface area contributed by atoms with Crippen molar-refractivity contribution >= 4 is 0 Å². The number of hydrogen-bond donors (Lipinski definition) is 0. The number of benzene rings is 2. The highest BCUT2D eigenvalue weighted by Gasteiger charge is 2.24. The van der Waals surface area contributed by atoms with Crippen LogP contribution in [0.15, 0.2) is 70.9 Å². The molecule has 2 atom stereocenters. The zero-order chi connectivity index (χ0) is 11.5. The molecule has 2 aromatic carbocycles. The topological polar surface area (TPSA) is 24.7 Å². The van der Waals surface area contributed by atoms with Crippen molar-refractivity contribution in [2.24, 2.45) is 10.2 Å². The summed E-state index contributed by atoms with van der Waals surface area (Å²) in [7, 11) is 0. The highest BCUT2D eigenvalue weighted by Crippen LogP contribution is 2.38. The van der Waals surface area contributed by atoms with Gasteiger partial charge in [-0.05, 0) is 11.1 Å². The van der Waals surface area contributed by atoms with E-state index in [1.165, 1.54) is 11.1 Å². The molecule has 1 aliphatic heterocycles. The van der Waals surface area contributed by atoms with Gasteiger partial charge < -0.3 is 0 Å². The predicted molar refractivity (Wildman–Crippen MR) is 67.8 cm³/mol. The fraction of sp³-hybridized carbons (Fsp3) is 0.200. The van der Waals surface area contributed by atoms with E-state index in [0.29, 0.717) is 0 Å². The molecule has 0 amide bonds. The van der Waals surface area contributed by atoms with Crippen molar-refractivity contribution < 1.29 is 0 Å². The third-order valence-corrected chi connectivity index (χ3v) is 3.16. The molecular formula is C15H14N2. The molecule has 0 saturated carbocycles. The van der Waals surface area contributed by atoms with E-state index in [4.69, 9.17) is 0 Å². The number of hydrogen-bond acceptors (Lipinski definition) is 2. The third kappa shape index (κ3) is 2.11. The van der Waals surface area contributed by atoms with Gasteiger partial charge in [-0.25, -0.2) is 0 Å². The van der Waals surface area contributed by atoms with Gasteiger partial charge in [0.05, 0.1) is 12.1 Å². The summed E-state index contributed by atoms with van der Waals surface area (Å²) >= 11 is 0. The Balaban J connectivity index is 1.78. The van der Waals surface area contributed by atoms with Gasteiger partial charge in [-0.1, -0.05) is 60.7 Å². The molecule has 0 saturated heterocycles. The second kappa shape index (κ2) is 4.50. The average Bonchev–Trinajstić information content (AvgIpc) is 2.90. The lowest BCUT2D eigenvalue weighted by molar-refractivity contribution is 0.659. The maximum Gasteiger partial charge on any atom is 0.0982 e.